The highest BCUT2D eigenvalue weighted by atomic mass is 32.1. The van der Waals surface area contributed by atoms with Crippen molar-refractivity contribution in [2.24, 2.45) is 5.73 Å². The van der Waals surface area contributed by atoms with E-state index >= 15 is 0 Å². The van der Waals surface area contributed by atoms with Gasteiger partial charge in [0.05, 0.1) is 16.6 Å². The summed E-state index contributed by atoms with van der Waals surface area (Å²) in [5.41, 5.74) is 5.71. The molecule has 1 aromatic carbocycles. The molecule has 0 aliphatic heterocycles. The maximum atomic E-state index is 11.1. The van der Waals surface area contributed by atoms with Gasteiger partial charge < -0.3 is 5.73 Å². The lowest BCUT2D eigenvalue weighted by Gasteiger charge is -1.89. The SMILES string of the molecule is NC(=O)C(=O)Cc1nc2ccccc2s1. The first kappa shape index (κ1) is 9.79. The van der Waals surface area contributed by atoms with Crippen LogP contribution in [-0.2, 0) is 16.0 Å². The van der Waals surface area contributed by atoms with Crippen LogP contribution in [0, 0.1) is 0 Å². The number of para-hydroxylation sites is 1. The van der Waals surface area contributed by atoms with Crippen LogP contribution in [0.4, 0.5) is 0 Å². The number of hydrogen-bond acceptors (Lipinski definition) is 4. The molecule has 0 aliphatic rings. The van der Waals surface area contributed by atoms with Crippen molar-refractivity contribution < 1.29 is 9.59 Å². The third-order valence-corrected chi connectivity index (χ3v) is 2.96. The Bertz CT molecular complexity index is 500. The number of primary amides is 1. The highest BCUT2D eigenvalue weighted by molar-refractivity contribution is 7.18. The average molecular weight is 220 g/mol. The molecule has 0 atom stereocenters. The standard InChI is InChI=1S/C10H8N2O2S/c11-10(14)7(13)5-9-12-6-3-1-2-4-8(6)15-9/h1-4H,5H2,(H2,11,14). The summed E-state index contributed by atoms with van der Waals surface area (Å²) in [7, 11) is 0. The van der Waals surface area contributed by atoms with Crippen LogP contribution in [0.5, 0.6) is 0 Å². The lowest BCUT2D eigenvalue weighted by atomic mass is 10.3. The molecule has 0 bridgehead atoms. The summed E-state index contributed by atoms with van der Waals surface area (Å²) in [4.78, 5) is 25.9. The highest BCUT2D eigenvalue weighted by Gasteiger charge is 2.12. The van der Waals surface area contributed by atoms with Gasteiger partial charge in [-0.3, -0.25) is 9.59 Å². The Morgan fingerprint density at radius 1 is 1.33 bits per heavy atom. The van der Waals surface area contributed by atoms with E-state index in [1.165, 1.54) is 11.3 Å². The Kier molecular flexibility index (Phi) is 2.47. The molecule has 0 saturated carbocycles. The van der Waals surface area contributed by atoms with Crippen LogP contribution < -0.4 is 5.73 Å². The first-order valence-corrected chi connectivity index (χ1v) is 5.15. The van der Waals surface area contributed by atoms with E-state index in [1.54, 1.807) is 0 Å². The van der Waals surface area contributed by atoms with E-state index < -0.39 is 11.7 Å². The zero-order valence-electron chi connectivity index (χ0n) is 7.77. The smallest absolute Gasteiger partial charge is 0.285 e. The Morgan fingerprint density at radius 2 is 2.07 bits per heavy atom. The lowest BCUT2D eigenvalue weighted by molar-refractivity contribution is -0.135. The first-order chi connectivity index (χ1) is 7.16. The number of benzene rings is 1. The number of carbonyl (C=O) groups excluding carboxylic acids is 2. The van der Waals surface area contributed by atoms with Gasteiger partial charge in [0.25, 0.3) is 5.91 Å². The molecular formula is C10H8N2O2S. The molecular weight excluding hydrogens is 212 g/mol. The summed E-state index contributed by atoms with van der Waals surface area (Å²) in [5.74, 6) is -1.51. The fourth-order valence-corrected chi connectivity index (χ4v) is 2.19. The summed E-state index contributed by atoms with van der Waals surface area (Å²) >= 11 is 1.40. The minimum atomic E-state index is -0.908. The molecule has 2 rings (SSSR count). The molecule has 1 heterocycles. The van der Waals surface area contributed by atoms with E-state index in [9.17, 15) is 9.59 Å². The molecule has 0 saturated heterocycles. The second-order valence-corrected chi connectivity index (χ2v) is 4.15. The van der Waals surface area contributed by atoms with Gasteiger partial charge >= 0.3 is 0 Å². The van der Waals surface area contributed by atoms with Crippen molar-refractivity contribution in [3.8, 4) is 0 Å². The largest absolute Gasteiger partial charge is 0.363 e. The molecule has 76 valence electrons. The second kappa shape index (κ2) is 3.78. The van der Waals surface area contributed by atoms with Gasteiger partial charge in [0.2, 0.25) is 5.78 Å². The predicted molar refractivity (Wildman–Crippen MR) is 57.5 cm³/mol. The highest BCUT2D eigenvalue weighted by Crippen LogP contribution is 2.21. The van der Waals surface area contributed by atoms with Crippen LogP contribution in [0.3, 0.4) is 0 Å². The van der Waals surface area contributed by atoms with Crippen molar-refractivity contribution in [3.05, 3.63) is 29.3 Å². The maximum absolute atomic E-state index is 11.1. The second-order valence-electron chi connectivity index (χ2n) is 3.04. The molecule has 0 fully saturated rings. The van der Waals surface area contributed by atoms with E-state index in [0.29, 0.717) is 5.01 Å². The Morgan fingerprint density at radius 3 is 2.73 bits per heavy atom. The lowest BCUT2D eigenvalue weighted by Crippen LogP contribution is -2.24. The van der Waals surface area contributed by atoms with Crippen LogP contribution >= 0.6 is 11.3 Å². The van der Waals surface area contributed by atoms with E-state index in [2.05, 4.69) is 4.98 Å². The molecule has 2 aromatic rings. The normalized spacial score (nSPS) is 10.4. The number of ketones is 1. The van der Waals surface area contributed by atoms with E-state index in [0.717, 1.165) is 10.2 Å². The van der Waals surface area contributed by atoms with Crippen molar-refractivity contribution in [1.29, 1.82) is 0 Å². The number of nitrogens with zero attached hydrogens (tertiary/aromatic N) is 1. The minimum Gasteiger partial charge on any atom is -0.363 e. The fourth-order valence-electron chi connectivity index (χ4n) is 1.22. The van der Waals surface area contributed by atoms with Crippen LogP contribution in [0.2, 0.25) is 0 Å². The number of thiazole rings is 1. The van der Waals surface area contributed by atoms with Crippen molar-refractivity contribution in [1.82, 2.24) is 4.98 Å². The van der Waals surface area contributed by atoms with Crippen LogP contribution in [0.1, 0.15) is 5.01 Å². The van der Waals surface area contributed by atoms with E-state index in [1.807, 2.05) is 24.3 Å². The molecule has 0 aliphatic carbocycles. The number of hydrogen-bond donors (Lipinski definition) is 1. The molecule has 1 amide bonds. The Labute approximate surface area is 89.7 Å². The number of fused-ring (bicyclic) bond motifs is 1. The van der Waals surface area contributed by atoms with Gasteiger partial charge in [0.15, 0.2) is 0 Å². The monoisotopic (exact) mass is 220 g/mol. The van der Waals surface area contributed by atoms with Gasteiger partial charge in [-0.05, 0) is 12.1 Å². The number of Topliss-reactive ketones (excluding diaryl/α,β-unsaturated/α-hetero) is 1. The molecule has 15 heavy (non-hydrogen) atoms. The average Bonchev–Trinajstić information content (AvgIpc) is 2.59. The molecule has 2 N–H and O–H groups in total. The van der Waals surface area contributed by atoms with Gasteiger partial charge in [0.1, 0.15) is 5.01 Å². The zero-order chi connectivity index (χ0) is 10.8. The van der Waals surface area contributed by atoms with Crippen LogP contribution in [-0.4, -0.2) is 16.7 Å². The van der Waals surface area contributed by atoms with Crippen LogP contribution in [0.25, 0.3) is 10.2 Å². The van der Waals surface area contributed by atoms with E-state index in [4.69, 9.17) is 5.73 Å². The number of carbonyl (C=O) groups is 2. The number of nitrogens with two attached hydrogens (primary N) is 1. The minimum absolute atomic E-state index is 0.00528. The van der Waals surface area contributed by atoms with Gasteiger partial charge in [-0.15, -0.1) is 11.3 Å². The molecule has 4 nitrogen and oxygen atoms in total. The molecule has 0 radical (unpaired) electrons. The summed E-state index contributed by atoms with van der Waals surface area (Å²) < 4.78 is 1.00. The summed E-state index contributed by atoms with van der Waals surface area (Å²) in [5, 5.41) is 0.625. The van der Waals surface area contributed by atoms with Crippen LogP contribution in [0.15, 0.2) is 24.3 Å². The Balaban J connectivity index is 2.30. The summed E-state index contributed by atoms with van der Waals surface area (Å²) in [6, 6.07) is 7.57. The summed E-state index contributed by atoms with van der Waals surface area (Å²) in [6.07, 6.45) is -0.00528. The predicted octanol–water partition coefficient (Wildman–Crippen LogP) is 0.893. The van der Waals surface area contributed by atoms with Gasteiger partial charge in [-0.25, -0.2) is 4.98 Å². The summed E-state index contributed by atoms with van der Waals surface area (Å²) in [6.45, 7) is 0. The van der Waals surface area contributed by atoms with Gasteiger partial charge in [-0.2, -0.15) is 0 Å². The number of aromatic nitrogens is 1. The van der Waals surface area contributed by atoms with Crippen molar-refractivity contribution in [2.75, 3.05) is 0 Å². The van der Waals surface area contributed by atoms with Crippen molar-refractivity contribution in [2.45, 2.75) is 6.42 Å². The fraction of sp³-hybridized carbons (Fsp3) is 0.100. The van der Waals surface area contributed by atoms with Crippen molar-refractivity contribution >= 4 is 33.2 Å². The number of amides is 1. The van der Waals surface area contributed by atoms with E-state index in [-0.39, 0.29) is 6.42 Å². The van der Waals surface area contributed by atoms with Gasteiger partial charge in [0, 0.05) is 0 Å². The molecule has 0 spiro atoms. The quantitative estimate of drug-likeness (QED) is 0.781. The number of rotatable bonds is 3. The van der Waals surface area contributed by atoms with Crippen molar-refractivity contribution in [3.63, 3.8) is 0 Å². The molecule has 0 unspecified atom stereocenters. The molecule has 5 heteroatoms. The van der Waals surface area contributed by atoms with Gasteiger partial charge in [-0.1, -0.05) is 12.1 Å². The maximum Gasteiger partial charge on any atom is 0.285 e. The third kappa shape index (κ3) is 2.02. The Hall–Kier alpha value is -1.75. The zero-order valence-corrected chi connectivity index (χ0v) is 8.58. The first-order valence-electron chi connectivity index (χ1n) is 4.34. The topological polar surface area (TPSA) is 73.1 Å². The third-order valence-electron chi connectivity index (χ3n) is 1.92. The molecule has 1 aromatic heterocycles.